The van der Waals surface area contributed by atoms with Crippen LogP contribution in [-0.2, 0) is 9.63 Å². The van der Waals surface area contributed by atoms with E-state index in [0.717, 1.165) is 12.8 Å². The van der Waals surface area contributed by atoms with Crippen LogP contribution in [0.2, 0.25) is 0 Å². The van der Waals surface area contributed by atoms with E-state index in [2.05, 4.69) is 16.9 Å². The number of hydrogen-bond donors (Lipinski definition) is 1. The van der Waals surface area contributed by atoms with Crippen LogP contribution in [0.1, 0.15) is 12.8 Å². The highest BCUT2D eigenvalue weighted by Gasteiger charge is 1.88. The molecule has 0 aliphatic rings. The molecular weight excluding hydrogens is 142 g/mol. The van der Waals surface area contributed by atoms with Crippen LogP contribution < -0.4 is 5.48 Å². The molecule has 11 heavy (non-hydrogen) atoms. The van der Waals surface area contributed by atoms with Gasteiger partial charge in [-0.2, -0.15) is 0 Å². The SMILES string of the molecule is C=CCC/C=C/C(=O)NOC. The third-order valence-electron chi connectivity index (χ3n) is 1.01. The Bertz CT molecular complexity index is 152. The van der Waals surface area contributed by atoms with Crippen molar-refractivity contribution >= 4 is 5.91 Å². The Morgan fingerprint density at radius 3 is 2.91 bits per heavy atom. The topological polar surface area (TPSA) is 38.3 Å². The molecule has 0 radical (unpaired) electrons. The predicted octanol–water partition coefficient (Wildman–Crippen LogP) is 1.19. The van der Waals surface area contributed by atoms with E-state index in [1.807, 2.05) is 0 Å². The van der Waals surface area contributed by atoms with Crippen LogP contribution in [-0.4, -0.2) is 13.0 Å². The number of hydrogen-bond acceptors (Lipinski definition) is 2. The zero-order valence-corrected chi connectivity index (χ0v) is 6.67. The summed E-state index contributed by atoms with van der Waals surface area (Å²) in [6.45, 7) is 3.55. The van der Waals surface area contributed by atoms with Crippen LogP contribution in [0.3, 0.4) is 0 Å². The van der Waals surface area contributed by atoms with Gasteiger partial charge < -0.3 is 0 Å². The minimum Gasteiger partial charge on any atom is -0.277 e. The first-order valence-electron chi connectivity index (χ1n) is 3.41. The number of allylic oxidation sites excluding steroid dienone is 2. The Labute approximate surface area is 66.7 Å². The predicted molar refractivity (Wildman–Crippen MR) is 43.7 cm³/mol. The Morgan fingerprint density at radius 1 is 1.64 bits per heavy atom. The Hall–Kier alpha value is -1.09. The summed E-state index contributed by atoms with van der Waals surface area (Å²) >= 11 is 0. The molecule has 0 aromatic rings. The fraction of sp³-hybridized carbons (Fsp3) is 0.375. The maximum atomic E-state index is 10.7. The Balaban J connectivity index is 3.39. The van der Waals surface area contributed by atoms with Gasteiger partial charge in [0.1, 0.15) is 0 Å². The van der Waals surface area contributed by atoms with E-state index in [0.29, 0.717) is 0 Å². The van der Waals surface area contributed by atoms with Gasteiger partial charge in [-0.25, -0.2) is 5.48 Å². The lowest BCUT2D eigenvalue weighted by atomic mass is 10.3. The highest BCUT2D eigenvalue weighted by atomic mass is 16.6. The second kappa shape index (κ2) is 7.02. The van der Waals surface area contributed by atoms with Crippen LogP contribution >= 0.6 is 0 Å². The lowest BCUT2D eigenvalue weighted by Gasteiger charge is -1.93. The number of carbonyl (C=O) groups excluding carboxylic acids is 1. The molecule has 0 spiro atoms. The molecule has 0 saturated heterocycles. The standard InChI is InChI=1S/C8H13NO2/c1-3-4-5-6-7-8(10)9-11-2/h3,6-7H,1,4-5H2,2H3,(H,9,10)/b7-6+. The van der Waals surface area contributed by atoms with Crippen LogP contribution in [0, 0.1) is 0 Å². The quantitative estimate of drug-likeness (QED) is 0.280. The van der Waals surface area contributed by atoms with Crippen molar-refractivity contribution in [2.24, 2.45) is 0 Å². The van der Waals surface area contributed by atoms with Gasteiger partial charge in [-0.05, 0) is 12.8 Å². The fourth-order valence-corrected chi connectivity index (χ4v) is 0.539. The molecule has 1 amide bonds. The second-order valence-corrected chi connectivity index (χ2v) is 1.94. The van der Waals surface area contributed by atoms with Crippen LogP contribution in [0.15, 0.2) is 24.8 Å². The molecule has 0 atom stereocenters. The van der Waals surface area contributed by atoms with Gasteiger partial charge in [0, 0.05) is 6.08 Å². The molecule has 3 heteroatoms. The summed E-state index contributed by atoms with van der Waals surface area (Å²) in [5.74, 6) is -0.239. The van der Waals surface area contributed by atoms with Crippen molar-refractivity contribution in [3.8, 4) is 0 Å². The maximum absolute atomic E-state index is 10.7. The number of rotatable bonds is 5. The molecule has 0 unspecified atom stereocenters. The zero-order valence-electron chi connectivity index (χ0n) is 6.67. The molecule has 0 heterocycles. The Morgan fingerprint density at radius 2 is 2.36 bits per heavy atom. The van der Waals surface area contributed by atoms with E-state index in [1.165, 1.54) is 13.2 Å². The maximum Gasteiger partial charge on any atom is 0.267 e. The number of nitrogens with one attached hydrogen (secondary N) is 1. The Kier molecular flexibility index (Phi) is 6.33. The molecule has 0 aliphatic carbocycles. The molecule has 3 nitrogen and oxygen atoms in total. The third kappa shape index (κ3) is 6.80. The van der Waals surface area contributed by atoms with Gasteiger partial charge in [0.15, 0.2) is 0 Å². The first-order valence-corrected chi connectivity index (χ1v) is 3.41. The summed E-state index contributed by atoms with van der Waals surface area (Å²) in [5, 5.41) is 0. The first kappa shape index (κ1) is 9.91. The molecule has 0 saturated carbocycles. The third-order valence-corrected chi connectivity index (χ3v) is 1.01. The lowest BCUT2D eigenvalue weighted by molar-refractivity contribution is -0.126. The van der Waals surface area contributed by atoms with E-state index in [4.69, 9.17) is 0 Å². The van der Waals surface area contributed by atoms with Crippen LogP contribution in [0.4, 0.5) is 0 Å². The van der Waals surface area contributed by atoms with E-state index < -0.39 is 0 Å². The highest BCUT2D eigenvalue weighted by molar-refractivity contribution is 5.86. The van der Waals surface area contributed by atoms with Gasteiger partial charge in [-0.3, -0.25) is 9.63 Å². The number of hydroxylamine groups is 1. The minimum absolute atomic E-state index is 0.239. The summed E-state index contributed by atoms with van der Waals surface area (Å²) in [6, 6.07) is 0. The second-order valence-electron chi connectivity index (χ2n) is 1.94. The van der Waals surface area contributed by atoms with Gasteiger partial charge in [-0.1, -0.05) is 12.2 Å². The molecular formula is C8H13NO2. The van der Waals surface area contributed by atoms with Gasteiger partial charge in [-0.15, -0.1) is 6.58 Å². The summed E-state index contributed by atoms with van der Waals surface area (Å²) in [5.41, 5.74) is 2.17. The molecule has 62 valence electrons. The van der Waals surface area contributed by atoms with Crippen molar-refractivity contribution in [3.63, 3.8) is 0 Å². The van der Waals surface area contributed by atoms with Crippen molar-refractivity contribution in [1.29, 1.82) is 0 Å². The average molecular weight is 155 g/mol. The van der Waals surface area contributed by atoms with Crippen LogP contribution in [0.5, 0.6) is 0 Å². The highest BCUT2D eigenvalue weighted by Crippen LogP contribution is 1.90. The van der Waals surface area contributed by atoms with E-state index in [-0.39, 0.29) is 5.91 Å². The van der Waals surface area contributed by atoms with Gasteiger partial charge >= 0.3 is 0 Å². The fourth-order valence-electron chi connectivity index (χ4n) is 0.539. The lowest BCUT2D eigenvalue weighted by Crippen LogP contribution is -2.18. The largest absolute Gasteiger partial charge is 0.277 e. The van der Waals surface area contributed by atoms with Gasteiger partial charge in [0.25, 0.3) is 5.91 Å². The summed E-state index contributed by atoms with van der Waals surface area (Å²) in [6.07, 6.45) is 6.74. The first-order chi connectivity index (χ1) is 5.31. The summed E-state index contributed by atoms with van der Waals surface area (Å²) < 4.78 is 0. The van der Waals surface area contributed by atoms with Crippen molar-refractivity contribution in [2.45, 2.75) is 12.8 Å². The van der Waals surface area contributed by atoms with Crippen molar-refractivity contribution < 1.29 is 9.63 Å². The van der Waals surface area contributed by atoms with Crippen molar-refractivity contribution in [2.75, 3.05) is 7.11 Å². The number of carbonyl (C=O) groups is 1. The normalized spacial score (nSPS) is 9.91. The van der Waals surface area contributed by atoms with E-state index >= 15 is 0 Å². The van der Waals surface area contributed by atoms with E-state index in [1.54, 1.807) is 12.2 Å². The van der Waals surface area contributed by atoms with Gasteiger partial charge in [0.2, 0.25) is 0 Å². The minimum atomic E-state index is -0.239. The summed E-state index contributed by atoms with van der Waals surface area (Å²) in [7, 11) is 1.40. The molecule has 1 N–H and O–H groups in total. The monoisotopic (exact) mass is 155 g/mol. The zero-order chi connectivity index (χ0) is 8.53. The molecule has 0 aromatic heterocycles. The molecule has 0 fully saturated rings. The molecule has 0 aromatic carbocycles. The van der Waals surface area contributed by atoms with Crippen LogP contribution in [0.25, 0.3) is 0 Å². The number of unbranched alkanes of at least 4 members (excludes halogenated alkanes) is 1. The van der Waals surface area contributed by atoms with Gasteiger partial charge in [0.05, 0.1) is 7.11 Å². The smallest absolute Gasteiger partial charge is 0.267 e. The van der Waals surface area contributed by atoms with Crippen molar-refractivity contribution in [1.82, 2.24) is 5.48 Å². The average Bonchev–Trinajstić information content (AvgIpc) is 1.99. The summed E-state index contributed by atoms with van der Waals surface area (Å²) in [4.78, 5) is 15.0. The van der Waals surface area contributed by atoms with E-state index in [9.17, 15) is 4.79 Å². The van der Waals surface area contributed by atoms with Crippen molar-refractivity contribution in [3.05, 3.63) is 24.8 Å². The molecule has 0 bridgehead atoms. The molecule has 0 aliphatic heterocycles. The number of amides is 1. The molecule has 0 rings (SSSR count).